The molecule has 0 unspecified atom stereocenters. The number of hydrogen-bond donors (Lipinski definition) is 1. The van der Waals surface area contributed by atoms with Gasteiger partial charge in [0.25, 0.3) is 0 Å². The van der Waals surface area contributed by atoms with Crippen molar-refractivity contribution in [3.05, 3.63) is 49.2 Å². The van der Waals surface area contributed by atoms with Crippen molar-refractivity contribution in [1.82, 2.24) is 5.32 Å². The number of esters is 1. The predicted octanol–water partition coefficient (Wildman–Crippen LogP) is 3.82. The molecule has 0 heterocycles. The maximum atomic E-state index is 12.7. The molecule has 130 valence electrons. The molecule has 0 aromatic carbocycles. The number of nitrogens with one attached hydrogen (secondary N) is 1. The summed E-state index contributed by atoms with van der Waals surface area (Å²) in [6.07, 6.45) is 10.1. The van der Waals surface area contributed by atoms with Crippen molar-refractivity contribution < 1.29 is 14.3 Å². The highest BCUT2D eigenvalue weighted by molar-refractivity contribution is 5.85. The quantitative estimate of drug-likeness (QED) is 0.439. The van der Waals surface area contributed by atoms with Gasteiger partial charge in [0.05, 0.1) is 6.61 Å². The van der Waals surface area contributed by atoms with Crippen LogP contribution in [0.15, 0.2) is 49.2 Å². The van der Waals surface area contributed by atoms with Crippen LogP contribution in [-0.2, 0) is 14.3 Å². The van der Waals surface area contributed by atoms with E-state index in [1.54, 1.807) is 6.08 Å². The Labute approximate surface area is 144 Å². The normalized spacial score (nSPS) is 28.4. The molecule has 3 fully saturated rings. The molecular weight excluding hydrogens is 302 g/mol. The molecule has 1 amide bonds. The molecule has 3 aliphatic rings. The summed E-state index contributed by atoms with van der Waals surface area (Å²) >= 11 is 0. The number of carbonyl (C=O) groups excluding carboxylic acids is 2. The van der Waals surface area contributed by atoms with Gasteiger partial charge in [0, 0.05) is 22.6 Å². The van der Waals surface area contributed by atoms with E-state index < -0.39 is 0 Å². The van der Waals surface area contributed by atoms with Gasteiger partial charge in [0.15, 0.2) is 0 Å². The first-order valence-corrected chi connectivity index (χ1v) is 8.44. The number of carbonyl (C=O) groups is 2. The van der Waals surface area contributed by atoms with Crippen LogP contribution >= 0.6 is 0 Å². The van der Waals surface area contributed by atoms with Crippen molar-refractivity contribution >= 4 is 11.9 Å². The van der Waals surface area contributed by atoms with E-state index in [-0.39, 0.29) is 22.7 Å². The molecule has 3 saturated carbocycles. The van der Waals surface area contributed by atoms with Gasteiger partial charge in [0.2, 0.25) is 5.91 Å². The summed E-state index contributed by atoms with van der Waals surface area (Å²) in [5.41, 5.74) is 1.25. The third-order valence-electron chi connectivity index (χ3n) is 5.41. The Morgan fingerprint density at radius 3 is 2.17 bits per heavy atom. The highest BCUT2D eigenvalue weighted by Crippen LogP contribution is 2.57. The van der Waals surface area contributed by atoms with Gasteiger partial charge in [-0.15, -0.1) is 0 Å². The largest absolute Gasteiger partial charge is 0.462 e. The van der Waals surface area contributed by atoms with Crippen LogP contribution in [0.1, 0.15) is 45.4 Å². The van der Waals surface area contributed by atoms with Crippen molar-refractivity contribution in [3.63, 3.8) is 0 Å². The molecule has 2 bridgehead atoms. The van der Waals surface area contributed by atoms with Crippen molar-refractivity contribution in [2.45, 2.75) is 45.4 Å². The molecule has 0 aromatic rings. The fraction of sp³-hybridized carbons (Fsp3) is 0.500. The van der Waals surface area contributed by atoms with Gasteiger partial charge in [-0.05, 0) is 51.5 Å². The van der Waals surface area contributed by atoms with Crippen LogP contribution in [-0.4, -0.2) is 18.5 Å². The summed E-state index contributed by atoms with van der Waals surface area (Å²) in [4.78, 5) is 24.0. The minimum Gasteiger partial charge on any atom is -0.462 e. The van der Waals surface area contributed by atoms with Crippen LogP contribution in [0.2, 0.25) is 0 Å². The van der Waals surface area contributed by atoms with E-state index >= 15 is 0 Å². The molecular formula is C20H27NO3. The van der Waals surface area contributed by atoms with E-state index in [1.807, 2.05) is 13.0 Å². The zero-order chi connectivity index (χ0) is 17.8. The van der Waals surface area contributed by atoms with Gasteiger partial charge in [-0.3, -0.25) is 4.79 Å². The lowest BCUT2D eigenvalue weighted by Crippen LogP contribution is -2.51. The van der Waals surface area contributed by atoms with Crippen LogP contribution < -0.4 is 5.32 Å². The topological polar surface area (TPSA) is 55.4 Å². The summed E-state index contributed by atoms with van der Waals surface area (Å²) in [6.45, 7) is 13.4. The summed E-state index contributed by atoms with van der Waals surface area (Å²) in [6, 6.07) is 0. The number of hydrogen-bond acceptors (Lipinski definition) is 3. The van der Waals surface area contributed by atoms with Gasteiger partial charge >= 0.3 is 5.97 Å². The number of allylic oxidation sites excluding steroid dienone is 3. The van der Waals surface area contributed by atoms with Crippen LogP contribution in [0.5, 0.6) is 0 Å². The molecule has 0 spiro atoms. The summed E-state index contributed by atoms with van der Waals surface area (Å²) in [7, 11) is 0. The molecule has 4 nitrogen and oxygen atoms in total. The maximum Gasteiger partial charge on any atom is 0.330 e. The molecule has 3 rings (SSSR count). The zero-order valence-corrected chi connectivity index (χ0v) is 14.5. The first-order valence-electron chi connectivity index (χ1n) is 8.44. The van der Waals surface area contributed by atoms with Crippen LogP contribution in [0.3, 0.4) is 0 Å². The van der Waals surface area contributed by atoms with Crippen molar-refractivity contribution in [2.75, 3.05) is 6.61 Å². The highest BCUT2D eigenvalue weighted by atomic mass is 16.5. The molecule has 0 atom stereocenters. The second-order valence-corrected chi connectivity index (χ2v) is 7.25. The first-order chi connectivity index (χ1) is 11.3. The maximum absolute atomic E-state index is 12.7. The average Bonchev–Trinajstić information content (AvgIpc) is 2.59. The molecule has 3 aliphatic carbocycles. The van der Waals surface area contributed by atoms with Gasteiger partial charge in [-0.1, -0.05) is 31.4 Å². The number of rotatable bonds is 7. The highest BCUT2D eigenvalue weighted by Gasteiger charge is 2.52. The molecule has 1 N–H and O–H groups in total. The summed E-state index contributed by atoms with van der Waals surface area (Å²) in [5, 5.41) is 2.93. The molecule has 24 heavy (non-hydrogen) atoms. The second-order valence-electron chi connectivity index (χ2n) is 7.25. The second kappa shape index (κ2) is 7.20. The van der Waals surface area contributed by atoms with E-state index in [1.165, 1.54) is 6.08 Å². The monoisotopic (exact) mass is 329 g/mol. The number of fused-ring (bicyclic) bond motifs is 3. The lowest BCUT2D eigenvalue weighted by Gasteiger charge is -2.52. The molecule has 0 aliphatic heterocycles. The fourth-order valence-corrected chi connectivity index (χ4v) is 3.67. The van der Waals surface area contributed by atoms with Crippen LogP contribution in [0.4, 0.5) is 0 Å². The Kier molecular flexibility index (Phi) is 5.47. The standard InChI is InChI=1S/C20H27NO3/c1-5-17(22)24-14-19-8-11-20(12-9-19,13-10-19)18(23)21-16(4)7-6-15(2)3/h5-7H,1-2,4,8-14H2,3H3,(H,21,23). The third-order valence-corrected chi connectivity index (χ3v) is 5.41. The van der Waals surface area contributed by atoms with Gasteiger partial charge in [-0.25, -0.2) is 4.79 Å². The van der Waals surface area contributed by atoms with Crippen molar-refractivity contribution in [3.8, 4) is 0 Å². The van der Waals surface area contributed by atoms with E-state index in [9.17, 15) is 9.59 Å². The van der Waals surface area contributed by atoms with Crippen LogP contribution in [0.25, 0.3) is 0 Å². The Morgan fingerprint density at radius 2 is 1.67 bits per heavy atom. The lowest BCUT2D eigenvalue weighted by atomic mass is 9.53. The summed E-state index contributed by atoms with van der Waals surface area (Å²) < 4.78 is 5.27. The average molecular weight is 329 g/mol. The Bertz CT molecular complexity index is 575. The van der Waals surface area contributed by atoms with Crippen molar-refractivity contribution in [2.24, 2.45) is 10.8 Å². The lowest BCUT2D eigenvalue weighted by molar-refractivity contribution is -0.152. The molecule has 4 heteroatoms. The fourth-order valence-electron chi connectivity index (χ4n) is 3.67. The van der Waals surface area contributed by atoms with Gasteiger partial charge < -0.3 is 10.1 Å². The van der Waals surface area contributed by atoms with Crippen molar-refractivity contribution in [1.29, 1.82) is 0 Å². The Morgan fingerprint density at radius 1 is 1.08 bits per heavy atom. The van der Waals surface area contributed by atoms with E-state index in [2.05, 4.69) is 25.1 Å². The van der Waals surface area contributed by atoms with Crippen LogP contribution in [0, 0.1) is 10.8 Å². The SMILES string of the molecule is C=CC(=O)OCC12CCC(C(=O)NC(=C)C=CC(=C)C)(CC1)CC2. The minimum atomic E-state index is -0.370. The zero-order valence-electron chi connectivity index (χ0n) is 14.5. The number of amides is 1. The Hall–Kier alpha value is -2.10. The first kappa shape index (κ1) is 18.2. The smallest absolute Gasteiger partial charge is 0.330 e. The van der Waals surface area contributed by atoms with E-state index in [0.29, 0.717) is 12.3 Å². The predicted molar refractivity (Wildman–Crippen MR) is 95.0 cm³/mol. The molecule has 0 aromatic heterocycles. The van der Waals surface area contributed by atoms with E-state index in [0.717, 1.165) is 44.1 Å². The van der Waals surface area contributed by atoms with E-state index in [4.69, 9.17) is 4.74 Å². The molecule has 0 radical (unpaired) electrons. The Balaban J connectivity index is 1.92. The minimum absolute atomic E-state index is 0.0392. The summed E-state index contributed by atoms with van der Waals surface area (Å²) in [5.74, 6) is -0.305. The van der Waals surface area contributed by atoms with Gasteiger partial charge in [0.1, 0.15) is 0 Å². The molecule has 0 saturated heterocycles. The third kappa shape index (κ3) is 4.05. The van der Waals surface area contributed by atoms with Gasteiger partial charge in [-0.2, -0.15) is 0 Å². The number of ether oxygens (including phenoxy) is 1.